The Hall–Kier alpha value is -1.09. The van der Waals surface area contributed by atoms with Crippen molar-refractivity contribution in [2.24, 2.45) is 0 Å². The van der Waals surface area contributed by atoms with Crippen molar-refractivity contribution >= 4 is 5.69 Å². The van der Waals surface area contributed by atoms with Crippen molar-refractivity contribution in [3.8, 4) is 0 Å². The number of nitrogens with one attached hydrogen (secondary N) is 1. The van der Waals surface area contributed by atoms with Gasteiger partial charge in [-0.15, -0.1) is 0 Å². The van der Waals surface area contributed by atoms with Crippen LogP contribution in [0.15, 0.2) is 18.2 Å². The smallest absolute Gasteiger partial charge is 0.129 e. The van der Waals surface area contributed by atoms with E-state index >= 15 is 0 Å². The summed E-state index contributed by atoms with van der Waals surface area (Å²) in [5.74, 6) is -0.0891. The SMILES string of the molecule is CCCNCc1c(F)cccc1N(C)C1CCCCC1. The number of rotatable bonds is 6. The van der Waals surface area contributed by atoms with Crippen molar-refractivity contribution in [1.82, 2.24) is 5.32 Å². The zero-order valence-corrected chi connectivity index (χ0v) is 12.8. The van der Waals surface area contributed by atoms with Gasteiger partial charge in [-0.25, -0.2) is 4.39 Å². The van der Waals surface area contributed by atoms with Crippen molar-refractivity contribution in [2.75, 3.05) is 18.5 Å². The molecule has 2 nitrogen and oxygen atoms in total. The van der Waals surface area contributed by atoms with Crippen LogP contribution in [0.4, 0.5) is 10.1 Å². The Kier molecular flexibility index (Phi) is 5.84. The topological polar surface area (TPSA) is 15.3 Å². The fourth-order valence-corrected chi connectivity index (χ4v) is 3.11. The lowest BCUT2D eigenvalue weighted by Crippen LogP contribution is -2.34. The average molecular weight is 278 g/mol. The Bertz CT molecular complexity index is 413. The number of hydrogen-bond donors (Lipinski definition) is 1. The summed E-state index contributed by atoms with van der Waals surface area (Å²) in [5.41, 5.74) is 1.87. The molecule has 1 fully saturated rings. The first-order valence-corrected chi connectivity index (χ1v) is 7.95. The molecule has 0 atom stereocenters. The van der Waals surface area contributed by atoms with Crippen LogP contribution >= 0.6 is 0 Å². The van der Waals surface area contributed by atoms with Gasteiger partial charge in [0.25, 0.3) is 0 Å². The molecule has 0 amide bonds. The molecule has 0 heterocycles. The van der Waals surface area contributed by atoms with E-state index in [-0.39, 0.29) is 5.82 Å². The van der Waals surface area contributed by atoms with Gasteiger partial charge in [0, 0.05) is 30.9 Å². The van der Waals surface area contributed by atoms with Crippen LogP contribution in [0.5, 0.6) is 0 Å². The molecular weight excluding hydrogens is 251 g/mol. The Labute approximate surface area is 122 Å². The van der Waals surface area contributed by atoms with E-state index < -0.39 is 0 Å². The molecule has 0 unspecified atom stereocenters. The Morgan fingerprint density at radius 1 is 1.25 bits per heavy atom. The summed E-state index contributed by atoms with van der Waals surface area (Å²) in [5, 5.41) is 3.32. The Morgan fingerprint density at radius 2 is 2.00 bits per heavy atom. The maximum Gasteiger partial charge on any atom is 0.129 e. The highest BCUT2D eigenvalue weighted by atomic mass is 19.1. The van der Waals surface area contributed by atoms with Crippen LogP contribution in [0.2, 0.25) is 0 Å². The average Bonchev–Trinajstić information content (AvgIpc) is 2.49. The van der Waals surface area contributed by atoms with Gasteiger partial charge in [-0.05, 0) is 37.9 Å². The molecule has 1 aliphatic rings. The number of anilines is 1. The van der Waals surface area contributed by atoms with Crippen molar-refractivity contribution in [1.29, 1.82) is 0 Å². The second-order valence-corrected chi connectivity index (χ2v) is 5.82. The fourth-order valence-electron chi connectivity index (χ4n) is 3.11. The molecule has 0 radical (unpaired) electrons. The molecule has 1 saturated carbocycles. The second-order valence-electron chi connectivity index (χ2n) is 5.82. The number of benzene rings is 1. The van der Waals surface area contributed by atoms with E-state index in [1.165, 1.54) is 32.1 Å². The van der Waals surface area contributed by atoms with Crippen molar-refractivity contribution in [3.05, 3.63) is 29.6 Å². The third-order valence-electron chi connectivity index (χ3n) is 4.33. The van der Waals surface area contributed by atoms with Gasteiger partial charge in [0.1, 0.15) is 5.82 Å². The predicted octanol–water partition coefficient (Wildman–Crippen LogP) is 4.09. The summed E-state index contributed by atoms with van der Waals surface area (Å²) in [6.07, 6.45) is 7.48. The van der Waals surface area contributed by atoms with Gasteiger partial charge in [-0.1, -0.05) is 32.3 Å². The van der Waals surface area contributed by atoms with Crippen molar-refractivity contribution in [3.63, 3.8) is 0 Å². The maximum atomic E-state index is 14.1. The highest BCUT2D eigenvalue weighted by Crippen LogP contribution is 2.29. The van der Waals surface area contributed by atoms with E-state index in [2.05, 4.69) is 30.3 Å². The van der Waals surface area contributed by atoms with Gasteiger partial charge in [-0.3, -0.25) is 0 Å². The standard InChI is InChI=1S/C17H27FN2/c1-3-12-19-13-15-16(18)10-7-11-17(15)20(2)14-8-5-4-6-9-14/h7,10-11,14,19H,3-6,8-9,12-13H2,1-2H3. The van der Waals surface area contributed by atoms with E-state index in [4.69, 9.17) is 0 Å². The van der Waals surface area contributed by atoms with E-state index in [0.717, 1.165) is 24.2 Å². The molecule has 1 aromatic carbocycles. The van der Waals surface area contributed by atoms with E-state index in [9.17, 15) is 4.39 Å². The molecule has 112 valence electrons. The highest BCUT2D eigenvalue weighted by molar-refractivity contribution is 5.54. The molecule has 0 bridgehead atoms. The zero-order chi connectivity index (χ0) is 14.4. The van der Waals surface area contributed by atoms with E-state index in [1.54, 1.807) is 6.07 Å². The van der Waals surface area contributed by atoms with Gasteiger partial charge in [0.2, 0.25) is 0 Å². The molecular formula is C17H27FN2. The third-order valence-corrected chi connectivity index (χ3v) is 4.33. The quantitative estimate of drug-likeness (QED) is 0.788. The Morgan fingerprint density at radius 3 is 2.70 bits per heavy atom. The van der Waals surface area contributed by atoms with Crippen LogP contribution in [-0.4, -0.2) is 19.6 Å². The summed E-state index contributed by atoms with van der Waals surface area (Å²) in [7, 11) is 2.12. The normalized spacial score (nSPS) is 16.4. The van der Waals surface area contributed by atoms with Crippen LogP contribution in [-0.2, 0) is 6.54 Å². The second kappa shape index (κ2) is 7.63. The monoisotopic (exact) mass is 278 g/mol. The van der Waals surface area contributed by atoms with Gasteiger partial charge in [-0.2, -0.15) is 0 Å². The van der Waals surface area contributed by atoms with Crippen LogP contribution < -0.4 is 10.2 Å². The van der Waals surface area contributed by atoms with Gasteiger partial charge >= 0.3 is 0 Å². The first-order valence-electron chi connectivity index (χ1n) is 7.95. The molecule has 1 aliphatic carbocycles. The molecule has 2 rings (SSSR count). The van der Waals surface area contributed by atoms with Gasteiger partial charge < -0.3 is 10.2 Å². The lowest BCUT2D eigenvalue weighted by Gasteiger charge is -2.34. The van der Waals surface area contributed by atoms with Crippen molar-refractivity contribution in [2.45, 2.75) is 58.0 Å². The van der Waals surface area contributed by atoms with Crippen LogP contribution in [0.3, 0.4) is 0 Å². The Balaban J connectivity index is 2.14. The zero-order valence-electron chi connectivity index (χ0n) is 12.8. The van der Waals surface area contributed by atoms with Crippen LogP contribution in [0.1, 0.15) is 51.0 Å². The molecule has 3 heteroatoms. The first-order chi connectivity index (χ1) is 9.74. The summed E-state index contributed by atoms with van der Waals surface area (Å²) in [6, 6.07) is 6.02. The summed E-state index contributed by atoms with van der Waals surface area (Å²) in [4.78, 5) is 2.30. The highest BCUT2D eigenvalue weighted by Gasteiger charge is 2.21. The molecule has 0 aromatic heterocycles. The van der Waals surface area contributed by atoms with Crippen LogP contribution in [0, 0.1) is 5.82 Å². The van der Waals surface area contributed by atoms with Crippen LogP contribution in [0.25, 0.3) is 0 Å². The first kappa shape index (κ1) is 15.3. The van der Waals surface area contributed by atoms with E-state index in [1.807, 2.05) is 6.07 Å². The summed E-state index contributed by atoms with van der Waals surface area (Å²) in [6.45, 7) is 3.68. The third kappa shape index (κ3) is 3.72. The minimum Gasteiger partial charge on any atom is -0.371 e. The number of halogens is 1. The molecule has 20 heavy (non-hydrogen) atoms. The molecule has 0 saturated heterocycles. The van der Waals surface area contributed by atoms with E-state index in [0.29, 0.717) is 12.6 Å². The van der Waals surface area contributed by atoms with Gasteiger partial charge in [0.05, 0.1) is 0 Å². The molecule has 1 aromatic rings. The number of nitrogens with zero attached hydrogens (tertiary/aromatic N) is 1. The summed E-state index contributed by atoms with van der Waals surface area (Å²) < 4.78 is 14.1. The number of hydrogen-bond acceptors (Lipinski definition) is 2. The minimum absolute atomic E-state index is 0.0891. The molecule has 0 spiro atoms. The fraction of sp³-hybridized carbons (Fsp3) is 0.647. The maximum absolute atomic E-state index is 14.1. The lowest BCUT2D eigenvalue weighted by atomic mass is 9.93. The lowest BCUT2D eigenvalue weighted by molar-refractivity contribution is 0.426. The minimum atomic E-state index is -0.0891. The van der Waals surface area contributed by atoms with Crippen molar-refractivity contribution < 1.29 is 4.39 Å². The molecule has 1 N–H and O–H groups in total. The summed E-state index contributed by atoms with van der Waals surface area (Å²) >= 11 is 0. The predicted molar refractivity (Wildman–Crippen MR) is 83.7 cm³/mol. The largest absolute Gasteiger partial charge is 0.371 e. The molecule has 0 aliphatic heterocycles. The van der Waals surface area contributed by atoms with Gasteiger partial charge in [0.15, 0.2) is 0 Å².